The van der Waals surface area contributed by atoms with Crippen LogP contribution in [-0.4, -0.2) is 25.6 Å². The first-order valence-electron chi connectivity index (χ1n) is 12.7. The van der Waals surface area contributed by atoms with Gasteiger partial charge in [-0.1, -0.05) is 121 Å². The van der Waals surface area contributed by atoms with Gasteiger partial charge in [-0.05, 0) is 17.7 Å². The van der Waals surface area contributed by atoms with Crippen molar-refractivity contribution in [3.05, 3.63) is 40.5 Å². The lowest BCUT2D eigenvalue weighted by Crippen LogP contribution is -2.12. The van der Waals surface area contributed by atoms with Crippen LogP contribution in [0, 0.1) is 0 Å². The van der Waals surface area contributed by atoms with Gasteiger partial charge in [0.25, 0.3) is 0 Å². The number of thioether (sulfide) groups is 1. The molecule has 33 heavy (non-hydrogen) atoms. The fraction of sp³-hybridized carbons (Fsp3) is 0.630. The van der Waals surface area contributed by atoms with E-state index >= 15 is 0 Å². The summed E-state index contributed by atoms with van der Waals surface area (Å²) in [5, 5.41) is 8.54. The Morgan fingerprint density at radius 2 is 1.52 bits per heavy atom. The highest BCUT2D eigenvalue weighted by Gasteiger charge is 2.24. The predicted molar refractivity (Wildman–Crippen MR) is 144 cm³/mol. The van der Waals surface area contributed by atoms with Crippen LogP contribution in [0.3, 0.4) is 0 Å². The Morgan fingerprint density at radius 3 is 2.09 bits per heavy atom. The van der Waals surface area contributed by atoms with E-state index < -0.39 is 0 Å². The van der Waals surface area contributed by atoms with E-state index in [0.717, 1.165) is 17.0 Å². The number of unbranched alkanes of at least 4 members (excludes halogenated alkanes) is 9. The van der Waals surface area contributed by atoms with Crippen LogP contribution in [-0.2, 0) is 11.2 Å². The molecule has 1 aromatic carbocycles. The van der Waals surface area contributed by atoms with Crippen LogP contribution in [0.4, 0.5) is 0 Å². The van der Waals surface area contributed by atoms with E-state index in [1.807, 2.05) is 11.8 Å². The Labute approximate surface area is 209 Å². The molecule has 0 aliphatic carbocycles. The Balaban J connectivity index is 1.36. The van der Waals surface area contributed by atoms with Crippen LogP contribution in [0.2, 0.25) is 5.02 Å². The predicted octanol–water partition coefficient (Wildman–Crippen LogP) is 8.83. The van der Waals surface area contributed by atoms with Crippen molar-refractivity contribution in [1.29, 1.82) is 0 Å². The molecule has 0 radical (unpaired) electrons. The molecule has 0 saturated heterocycles. The molecule has 0 saturated carbocycles. The van der Waals surface area contributed by atoms with Gasteiger partial charge in [-0.2, -0.15) is 16.4 Å². The number of aromatic amines is 1. The van der Waals surface area contributed by atoms with E-state index in [0.29, 0.717) is 16.5 Å². The molecule has 0 fully saturated rings. The number of nitrogens with one attached hydrogen (secondary N) is 1. The topological polar surface area (TPSA) is 46.0 Å². The van der Waals surface area contributed by atoms with Gasteiger partial charge in [0.05, 0.1) is 5.69 Å². The van der Waals surface area contributed by atoms with Gasteiger partial charge >= 0.3 is 0 Å². The summed E-state index contributed by atoms with van der Waals surface area (Å²) in [5.41, 5.74) is 3.94. The average molecular weight is 489 g/mol. The number of aromatic nitrogens is 4. The second-order valence-electron chi connectivity index (χ2n) is 10.2. The normalized spacial score (nSPS) is 12.2. The summed E-state index contributed by atoms with van der Waals surface area (Å²) in [5.74, 6) is 3.02. The minimum Gasteiger partial charge on any atom is -0.278 e. The quantitative estimate of drug-likeness (QED) is 0.230. The third-order valence-electron chi connectivity index (χ3n) is 6.11. The number of rotatable bonds is 14. The zero-order valence-corrected chi connectivity index (χ0v) is 22.5. The maximum absolute atomic E-state index is 6.55. The first-order chi connectivity index (χ1) is 15.9. The Hall–Kier alpha value is -1.46. The minimum absolute atomic E-state index is 0.0766. The van der Waals surface area contributed by atoms with Gasteiger partial charge in [0.15, 0.2) is 11.5 Å². The molecule has 0 aliphatic rings. The molecule has 0 atom stereocenters. The van der Waals surface area contributed by atoms with Crippen molar-refractivity contribution in [2.24, 2.45) is 0 Å². The zero-order chi connectivity index (χ0) is 23.7. The molecular weight excluding hydrogens is 448 g/mol. The van der Waals surface area contributed by atoms with Crippen molar-refractivity contribution in [2.75, 3.05) is 5.75 Å². The highest BCUT2D eigenvalue weighted by molar-refractivity contribution is 7.98. The molecule has 182 valence electrons. The van der Waals surface area contributed by atoms with E-state index in [9.17, 15) is 0 Å². The van der Waals surface area contributed by atoms with Gasteiger partial charge < -0.3 is 0 Å². The summed E-state index contributed by atoms with van der Waals surface area (Å²) >= 11 is 8.59. The van der Waals surface area contributed by atoms with Crippen LogP contribution >= 0.6 is 23.4 Å². The number of H-pyrrole nitrogens is 1. The highest BCUT2D eigenvalue weighted by Crippen LogP contribution is 2.32. The van der Waals surface area contributed by atoms with Crippen LogP contribution in [0.5, 0.6) is 0 Å². The fourth-order valence-corrected chi connectivity index (χ4v) is 5.48. The number of fused-ring (bicyclic) bond motifs is 1. The minimum atomic E-state index is -0.0766. The number of benzene rings is 1. The molecular formula is C27H41ClN4S. The third-order valence-corrected chi connectivity index (χ3v) is 7.59. The van der Waals surface area contributed by atoms with E-state index in [2.05, 4.69) is 67.1 Å². The molecule has 2 heterocycles. The first-order valence-corrected chi connectivity index (χ1v) is 14.2. The van der Waals surface area contributed by atoms with Crippen molar-refractivity contribution in [2.45, 2.75) is 103 Å². The number of hydrogen-bond donors (Lipinski definition) is 1. The molecule has 3 aromatic rings. The average Bonchev–Trinajstić information content (AvgIpc) is 3.34. The largest absolute Gasteiger partial charge is 0.278 e. The Bertz CT molecular complexity index is 969. The van der Waals surface area contributed by atoms with Crippen molar-refractivity contribution in [3.63, 3.8) is 0 Å². The van der Waals surface area contributed by atoms with Crippen LogP contribution in [0.25, 0.3) is 17.0 Å². The summed E-state index contributed by atoms with van der Waals surface area (Å²) < 4.78 is 1.69. The van der Waals surface area contributed by atoms with E-state index in [1.54, 1.807) is 4.63 Å². The molecule has 0 aliphatic heterocycles. The Morgan fingerprint density at radius 1 is 0.909 bits per heavy atom. The second kappa shape index (κ2) is 12.9. The number of nitrogens with zero attached hydrogens (tertiary/aromatic N) is 3. The monoisotopic (exact) mass is 488 g/mol. The second-order valence-corrected chi connectivity index (χ2v) is 11.6. The van der Waals surface area contributed by atoms with Crippen molar-refractivity contribution < 1.29 is 0 Å². The smallest absolute Gasteiger partial charge is 0.194 e. The van der Waals surface area contributed by atoms with Crippen LogP contribution in [0.1, 0.15) is 103 Å². The summed E-state index contributed by atoms with van der Waals surface area (Å²) in [4.78, 5) is 4.67. The van der Waals surface area contributed by atoms with E-state index in [4.69, 9.17) is 11.6 Å². The highest BCUT2D eigenvalue weighted by atomic mass is 35.5. The van der Waals surface area contributed by atoms with Crippen molar-refractivity contribution in [1.82, 2.24) is 19.8 Å². The van der Waals surface area contributed by atoms with Gasteiger partial charge in [-0.25, -0.2) is 4.98 Å². The standard InChI is InChI=1S/C27H41ClN4S/c1-5-6-7-8-9-10-11-12-13-14-19-33-20-21-15-17-22(18-16-21)25-29-26-23(28)24(27(2,3)4)30-32(26)31-25/h15-18,30H,5-14,19-20H2,1-4H3. The lowest BCUT2D eigenvalue weighted by Gasteiger charge is -2.16. The van der Waals surface area contributed by atoms with Crippen molar-refractivity contribution in [3.8, 4) is 11.4 Å². The molecule has 6 heteroatoms. The van der Waals surface area contributed by atoms with Crippen molar-refractivity contribution >= 4 is 29.0 Å². The number of halogens is 1. The number of hydrogen-bond acceptors (Lipinski definition) is 3. The molecule has 0 spiro atoms. The van der Waals surface area contributed by atoms with E-state index in [-0.39, 0.29) is 5.41 Å². The van der Waals surface area contributed by atoms with Gasteiger partial charge in [0, 0.05) is 16.7 Å². The molecule has 0 bridgehead atoms. The fourth-order valence-electron chi connectivity index (χ4n) is 4.05. The zero-order valence-electron chi connectivity index (χ0n) is 20.9. The SMILES string of the molecule is CCCCCCCCCCCCSCc1ccc(-c2nc3c(Cl)c(C(C)(C)C)[nH]n3n2)cc1. The van der Waals surface area contributed by atoms with Gasteiger partial charge in [-0.3, -0.25) is 5.10 Å². The molecule has 0 unspecified atom stereocenters. The summed E-state index contributed by atoms with van der Waals surface area (Å²) in [6.07, 6.45) is 14.0. The summed E-state index contributed by atoms with van der Waals surface area (Å²) in [7, 11) is 0. The Kier molecular flexibility index (Phi) is 10.2. The van der Waals surface area contributed by atoms with Gasteiger partial charge in [-0.15, -0.1) is 5.10 Å². The van der Waals surface area contributed by atoms with Gasteiger partial charge in [0.1, 0.15) is 5.02 Å². The molecule has 3 rings (SSSR count). The third kappa shape index (κ3) is 7.78. The van der Waals surface area contributed by atoms with E-state index in [1.165, 1.54) is 75.5 Å². The lowest BCUT2D eigenvalue weighted by atomic mass is 9.92. The molecule has 1 N–H and O–H groups in total. The summed E-state index contributed by atoms with van der Waals surface area (Å²) in [6.45, 7) is 8.65. The maximum atomic E-state index is 6.55. The van der Waals surface area contributed by atoms with Gasteiger partial charge in [0.2, 0.25) is 0 Å². The first kappa shape index (κ1) is 26.2. The molecule has 0 amide bonds. The summed E-state index contributed by atoms with van der Waals surface area (Å²) in [6, 6.07) is 8.62. The molecule has 4 nitrogen and oxygen atoms in total. The lowest BCUT2D eigenvalue weighted by molar-refractivity contribution is 0.557. The maximum Gasteiger partial charge on any atom is 0.194 e. The molecule has 2 aromatic heterocycles. The van der Waals surface area contributed by atoms with Crippen LogP contribution < -0.4 is 0 Å². The van der Waals surface area contributed by atoms with Crippen LogP contribution in [0.15, 0.2) is 24.3 Å².